The number of nitrogens with zero attached hydrogens (tertiary/aromatic N) is 1. The number of ether oxygens (including phenoxy) is 1. The van der Waals surface area contributed by atoms with Crippen LogP contribution >= 0.6 is 22.9 Å². The van der Waals surface area contributed by atoms with Crippen molar-refractivity contribution in [2.24, 2.45) is 5.73 Å². The molecule has 0 amide bonds. The van der Waals surface area contributed by atoms with Crippen molar-refractivity contribution in [2.45, 2.75) is 10.4 Å². The molecule has 5 nitrogen and oxygen atoms in total. The van der Waals surface area contributed by atoms with E-state index < -0.39 is 16.2 Å². The van der Waals surface area contributed by atoms with Gasteiger partial charge < -0.3 is 10.5 Å². The SMILES string of the molecule is NC1COCCN1S(=O)(=O)c1ccc(Cl)s1. The third-order valence-electron chi connectivity index (χ3n) is 2.23. The van der Waals surface area contributed by atoms with E-state index >= 15 is 0 Å². The Morgan fingerprint density at radius 3 is 2.88 bits per heavy atom. The molecule has 0 radical (unpaired) electrons. The lowest BCUT2D eigenvalue weighted by Crippen LogP contribution is -2.53. The van der Waals surface area contributed by atoms with Crippen molar-refractivity contribution in [1.29, 1.82) is 0 Å². The molecule has 1 fully saturated rings. The first-order valence-corrected chi connectivity index (χ1v) is 7.26. The molecule has 0 saturated carbocycles. The summed E-state index contributed by atoms with van der Waals surface area (Å²) in [6, 6.07) is 3.05. The molecule has 1 saturated heterocycles. The summed E-state index contributed by atoms with van der Waals surface area (Å²) in [4.78, 5) is 0. The third kappa shape index (κ3) is 2.24. The molecule has 2 N–H and O–H groups in total. The summed E-state index contributed by atoms with van der Waals surface area (Å²) >= 11 is 6.75. The van der Waals surface area contributed by atoms with Crippen LogP contribution in [0.15, 0.2) is 16.3 Å². The summed E-state index contributed by atoms with van der Waals surface area (Å²) in [6.07, 6.45) is -0.625. The van der Waals surface area contributed by atoms with Crippen LogP contribution in [0.2, 0.25) is 4.34 Å². The molecule has 0 bridgehead atoms. The fraction of sp³-hybridized carbons (Fsp3) is 0.500. The van der Waals surface area contributed by atoms with Crippen molar-refractivity contribution >= 4 is 33.0 Å². The first-order valence-electron chi connectivity index (χ1n) is 4.62. The Morgan fingerprint density at radius 2 is 2.31 bits per heavy atom. The van der Waals surface area contributed by atoms with Gasteiger partial charge in [-0.3, -0.25) is 0 Å². The zero-order valence-corrected chi connectivity index (χ0v) is 10.7. The highest BCUT2D eigenvalue weighted by atomic mass is 35.5. The minimum Gasteiger partial charge on any atom is -0.377 e. The third-order valence-corrected chi connectivity index (χ3v) is 5.85. The van der Waals surface area contributed by atoms with Crippen LogP contribution < -0.4 is 5.73 Å². The molecule has 2 heterocycles. The fourth-order valence-electron chi connectivity index (χ4n) is 1.46. The zero-order valence-electron chi connectivity index (χ0n) is 8.30. The highest BCUT2D eigenvalue weighted by Gasteiger charge is 2.32. The number of hydrogen-bond acceptors (Lipinski definition) is 5. The maximum Gasteiger partial charge on any atom is 0.254 e. The van der Waals surface area contributed by atoms with E-state index in [4.69, 9.17) is 22.1 Å². The Hall–Kier alpha value is -0.180. The fourth-order valence-corrected chi connectivity index (χ4v) is 4.55. The molecule has 1 atom stereocenters. The van der Waals surface area contributed by atoms with E-state index in [9.17, 15) is 8.42 Å². The number of nitrogens with two attached hydrogens (primary N) is 1. The van der Waals surface area contributed by atoms with Gasteiger partial charge in [-0.15, -0.1) is 11.3 Å². The normalized spacial score (nSPS) is 23.5. The first-order chi connectivity index (χ1) is 7.51. The zero-order chi connectivity index (χ0) is 11.8. The molecule has 8 heteroatoms. The number of sulfonamides is 1. The van der Waals surface area contributed by atoms with Gasteiger partial charge in [0, 0.05) is 6.54 Å². The monoisotopic (exact) mass is 282 g/mol. The predicted octanol–water partition coefficient (Wildman–Crippen LogP) is 0.707. The lowest BCUT2D eigenvalue weighted by molar-refractivity contribution is 0.0351. The Balaban J connectivity index is 2.31. The lowest BCUT2D eigenvalue weighted by Gasteiger charge is -2.31. The predicted molar refractivity (Wildman–Crippen MR) is 62.0 cm³/mol. The number of thiophene rings is 1. The van der Waals surface area contributed by atoms with Crippen molar-refractivity contribution in [1.82, 2.24) is 4.31 Å². The summed E-state index contributed by atoms with van der Waals surface area (Å²) in [5, 5.41) is 0. The second-order valence-electron chi connectivity index (χ2n) is 3.32. The molecule has 0 spiro atoms. The minimum absolute atomic E-state index is 0.217. The highest BCUT2D eigenvalue weighted by molar-refractivity contribution is 7.91. The van der Waals surface area contributed by atoms with Crippen LogP contribution in [-0.4, -0.2) is 38.6 Å². The van der Waals surface area contributed by atoms with Gasteiger partial charge in [0.2, 0.25) is 0 Å². The quantitative estimate of drug-likeness (QED) is 0.867. The van der Waals surface area contributed by atoms with Crippen LogP contribution in [0, 0.1) is 0 Å². The number of rotatable bonds is 2. The van der Waals surface area contributed by atoms with Crippen molar-refractivity contribution in [3.05, 3.63) is 16.5 Å². The van der Waals surface area contributed by atoms with Gasteiger partial charge in [-0.25, -0.2) is 8.42 Å². The minimum atomic E-state index is -3.53. The largest absolute Gasteiger partial charge is 0.377 e. The van der Waals surface area contributed by atoms with Crippen LogP contribution in [0.5, 0.6) is 0 Å². The van der Waals surface area contributed by atoms with Crippen LogP contribution in [0.3, 0.4) is 0 Å². The van der Waals surface area contributed by atoms with Crippen LogP contribution in [0.1, 0.15) is 0 Å². The van der Waals surface area contributed by atoms with Crippen LogP contribution in [0.4, 0.5) is 0 Å². The second kappa shape index (κ2) is 4.59. The van der Waals surface area contributed by atoms with E-state index in [1.54, 1.807) is 6.07 Å². The number of hydrogen-bond donors (Lipinski definition) is 1. The highest BCUT2D eigenvalue weighted by Crippen LogP contribution is 2.28. The van der Waals surface area contributed by atoms with Gasteiger partial charge in [-0.1, -0.05) is 11.6 Å². The Morgan fingerprint density at radius 1 is 1.56 bits per heavy atom. The Kier molecular flexibility index (Phi) is 3.53. The average molecular weight is 283 g/mol. The van der Waals surface area contributed by atoms with Crippen molar-refractivity contribution < 1.29 is 13.2 Å². The van der Waals surface area contributed by atoms with Crippen LogP contribution in [-0.2, 0) is 14.8 Å². The van der Waals surface area contributed by atoms with E-state index in [0.717, 1.165) is 11.3 Å². The van der Waals surface area contributed by atoms with Crippen molar-refractivity contribution in [3.8, 4) is 0 Å². The molecule has 1 aliphatic heterocycles. The Labute approximate surface area is 103 Å². The van der Waals surface area contributed by atoms with Gasteiger partial charge in [0.1, 0.15) is 4.21 Å². The molecule has 0 aromatic carbocycles. The van der Waals surface area contributed by atoms with Gasteiger partial charge in [0.05, 0.1) is 23.7 Å². The molecule has 2 rings (SSSR count). The Bertz CT molecular complexity index is 473. The van der Waals surface area contributed by atoms with E-state index in [1.165, 1.54) is 10.4 Å². The topological polar surface area (TPSA) is 72.6 Å². The average Bonchev–Trinajstić information content (AvgIpc) is 2.66. The molecular weight excluding hydrogens is 272 g/mol. The molecule has 1 aromatic rings. The second-order valence-corrected chi connectivity index (χ2v) is 7.15. The standard InChI is InChI=1S/C8H11ClN2O3S2/c9-6-1-2-8(15-6)16(12,13)11-3-4-14-5-7(11)10/h1-2,7H,3-5,10H2. The summed E-state index contributed by atoms with van der Waals surface area (Å²) < 4.78 is 31.3. The maximum atomic E-state index is 12.2. The van der Waals surface area contributed by atoms with Crippen molar-refractivity contribution in [3.63, 3.8) is 0 Å². The smallest absolute Gasteiger partial charge is 0.254 e. The van der Waals surface area contributed by atoms with Gasteiger partial charge >= 0.3 is 0 Å². The maximum absolute atomic E-state index is 12.2. The van der Waals surface area contributed by atoms with Crippen molar-refractivity contribution in [2.75, 3.05) is 19.8 Å². The van der Waals surface area contributed by atoms with Gasteiger partial charge in [-0.2, -0.15) is 4.31 Å². The van der Waals surface area contributed by atoms with E-state index in [-0.39, 0.29) is 17.4 Å². The first kappa shape index (κ1) is 12.3. The van der Waals surface area contributed by atoms with E-state index in [1.807, 2.05) is 0 Å². The van der Waals surface area contributed by atoms with E-state index in [0.29, 0.717) is 10.9 Å². The molecule has 0 aliphatic carbocycles. The summed E-state index contributed by atoms with van der Waals surface area (Å²) in [5.41, 5.74) is 5.70. The van der Waals surface area contributed by atoms with E-state index in [2.05, 4.69) is 0 Å². The number of halogens is 1. The molecular formula is C8H11ClN2O3S2. The molecule has 1 unspecified atom stereocenters. The van der Waals surface area contributed by atoms with Gasteiger partial charge in [0.25, 0.3) is 10.0 Å². The lowest BCUT2D eigenvalue weighted by atomic mass is 10.4. The summed E-state index contributed by atoms with van der Waals surface area (Å²) in [7, 11) is -3.53. The number of morpholine rings is 1. The molecule has 1 aliphatic rings. The summed E-state index contributed by atoms with van der Waals surface area (Å²) in [5.74, 6) is 0. The van der Waals surface area contributed by atoms with Crippen LogP contribution in [0.25, 0.3) is 0 Å². The van der Waals surface area contributed by atoms with Gasteiger partial charge in [-0.05, 0) is 12.1 Å². The molecule has 1 aromatic heterocycles. The molecule has 90 valence electrons. The summed E-state index contributed by atoms with van der Waals surface area (Å²) in [6.45, 7) is 0.864. The van der Waals surface area contributed by atoms with Gasteiger partial charge in [0.15, 0.2) is 0 Å². The molecule has 16 heavy (non-hydrogen) atoms.